The summed E-state index contributed by atoms with van der Waals surface area (Å²) in [6, 6.07) is 5.48. The molecule has 2 atom stereocenters. The van der Waals surface area contributed by atoms with Gasteiger partial charge in [0, 0.05) is 12.5 Å². The molecule has 1 N–H and O–H groups in total. The number of carbonyl (C=O) groups is 1. The summed E-state index contributed by atoms with van der Waals surface area (Å²) in [7, 11) is 0. The van der Waals surface area contributed by atoms with Crippen molar-refractivity contribution in [3.63, 3.8) is 0 Å². The standard InChI is InChI=1S/C15H18F3NO2/c1-2-21-14(20)12-9-19-8-7-10(12)11-5-3-4-6-13(11)15(16,17)18/h3-6,10,12,19H,2,7-9H2,1H3/t10-,12-/m0/s1. The molecule has 21 heavy (non-hydrogen) atoms. The van der Waals surface area contributed by atoms with Gasteiger partial charge < -0.3 is 10.1 Å². The van der Waals surface area contributed by atoms with Gasteiger partial charge in [-0.1, -0.05) is 18.2 Å². The van der Waals surface area contributed by atoms with Gasteiger partial charge in [-0.05, 0) is 31.5 Å². The van der Waals surface area contributed by atoms with Crippen LogP contribution in [0.5, 0.6) is 0 Å². The van der Waals surface area contributed by atoms with Crippen molar-refractivity contribution in [2.75, 3.05) is 19.7 Å². The van der Waals surface area contributed by atoms with E-state index in [4.69, 9.17) is 4.74 Å². The Hall–Kier alpha value is -1.56. The van der Waals surface area contributed by atoms with Gasteiger partial charge in [0.2, 0.25) is 0 Å². The highest BCUT2D eigenvalue weighted by Gasteiger charge is 2.40. The fourth-order valence-electron chi connectivity index (χ4n) is 2.81. The Morgan fingerprint density at radius 2 is 2.10 bits per heavy atom. The monoisotopic (exact) mass is 301 g/mol. The van der Waals surface area contributed by atoms with E-state index in [2.05, 4.69) is 5.32 Å². The molecule has 0 amide bonds. The smallest absolute Gasteiger partial charge is 0.416 e. The second-order valence-corrected chi connectivity index (χ2v) is 5.04. The van der Waals surface area contributed by atoms with Crippen molar-refractivity contribution in [1.82, 2.24) is 5.32 Å². The predicted octanol–water partition coefficient (Wildman–Crippen LogP) is 2.96. The maximum Gasteiger partial charge on any atom is 0.416 e. The van der Waals surface area contributed by atoms with Crippen molar-refractivity contribution >= 4 is 5.97 Å². The Labute approximate surface area is 121 Å². The molecular formula is C15H18F3NO2. The van der Waals surface area contributed by atoms with Crippen molar-refractivity contribution in [3.05, 3.63) is 35.4 Å². The highest BCUT2D eigenvalue weighted by atomic mass is 19.4. The number of hydrogen-bond donors (Lipinski definition) is 1. The number of nitrogens with one attached hydrogen (secondary N) is 1. The normalized spacial score (nSPS) is 22.9. The summed E-state index contributed by atoms with van der Waals surface area (Å²) in [4.78, 5) is 12.0. The Balaban J connectivity index is 2.36. The molecule has 0 bridgehead atoms. The van der Waals surface area contributed by atoms with Crippen LogP contribution < -0.4 is 5.32 Å². The van der Waals surface area contributed by atoms with Gasteiger partial charge in [-0.3, -0.25) is 4.79 Å². The number of piperidine rings is 1. The van der Waals surface area contributed by atoms with Crippen LogP contribution in [-0.2, 0) is 15.7 Å². The molecule has 1 aliphatic heterocycles. The van der Waals surface area contributed by atoms with Crippen molar-refractivity contribution < 1.29 is 22.7 Å². The third-order valence-corrected chi connectivity index (χ3v) is 3.74. The molecule has 3 nitrogen and oxygen atoms in total. The third-order valence-electron chi connectivity index (χ3n) is 3.74. The minimum atomic E-state index is -4.42. The number of alkyl halides is 3. The number of ether oxygens (including phenoxy) is 1. The van der Waals surface area contributed by atoms with E-state index in [9.17, 15) is 18.0 Å². The van der Waals surface area contributed by atoms with Crippen molar-refractivity contribution in [1.29, 1.82) is 0 Å². The van der Waals surface area contributed by atoms with Crippen LogP contribution in [0, 0.1) is 5.92 Å². The summed E-state index contributed by atoms with van der Waals surface area (Å²) in [5.41, 5.74) is -0.476. The molecule has 1 heterocycles. The molecule has 1 fully saturated rings. The summed E-state index contributed by atoms with van der Waals surface area (Å²) in [5, 5.41) is 3.05. The molecule has 1 aromatic rings. The Kier molecular flexibility index (Phi) is 4.88. The van der Waals surface area contributed by atoms with Crippen LogP contribution in [0.2, 0.25) is 0 Å². The molecule has 6 heteroatoms. The molecule has 1 aliphatic rings. The van der Waals surface area contributed by atoms with E-state index in [1.165, 1.54) is 12.1 Å². The van der Waals surface area contributed by atoms with Gasteiger partial charge in [-0.15, -0.1) is 0 Å². The van der Waals surface area contributed by atoms with Gasteiger partial charge in [0.15, 0.2) is 0 Å². The van der Waals surface area contributed by atoms with Gasteiger partial charge in [-0.2, -0.15) is 13.2 Å². The second kappa shape index (κ2) is 6.47. The van der Waals surface area contributed by atoms with E-state index >= 15 is 0 Å². The van der Waals surface area contributed by atoms with Gasteiger partial charge in [0.25, 0.3) is 0 Å². The number of hydrogen-bond acceptors (Lipinski definition) is 3. The fourth-order valence-corrected chi connectivity index (χ4v) is 2.81. The SMILES string of the molecule is CCOC(=O)[C@H]1CNCC[C@H]1c1ccccc1C(F)(F)F. The van der Waals surface area contributed by atoms with E-state index in [1.54, 1.807) is 13.0 Å². The maximum absolute atomic E-state index is 13.1. The summed E-state index contributed by atoms with van der Waals surface area (Å²) in [5.74, 6) is -1.49. The lowest BCUT2D eigenvalue weighted by atomic mass is 9.79. The second-order valence-electron chi connectivity index (χ2n) is 5.04. The summed E-state index contributed by atoms with van der Waals surface area (Å²) >= 11 is 0. The topological polar surface area (TPSA) is 38.3 Å². The lowest BCUT2D eigenvalue weighted by molar-refractivity contribution is -0.150. The van der Waals surface area contributed by atoms with Crippen LogP contribution in [0.25, 0.3) is 0 Å². The first kappa shape index (κ1) is 15.8. The van der Waals surface area contributed by atoms with E-state index in [0.717, 1.165) is 6.07 Å². The van der Waals surface area contributed by atoms with Gasteiger partial charge in [0.05, 0.1) is 18.1 Å². The fraction of sp³-hybridized carbons (Fsp3) is 0.533. The lowest BCUT2D eigenvalue weighted by Gasteiger charge is -2.32. The summed E-state index contributed by atoms with van der Waals surface area (Å²) in [6.07, 6.45) is -3.93. The van der Waals surface area contributed by atoms with E-state index in [-0.39, 0.29) is 12.2 Å². The number of rotatable bonds is 3. The van der Waals surface area contributed by atoms with E-state index in [0.29, 0.717) is 19.5 Å². The minimum absolute atomic E-state index is 0.185. The molecule has 2 rings (SSSR count). The number of benzene rings is 1. The average Bonchev–Trinajstić information content (AvgIpc) is 2.46. The average molecular weight is 301 g/mol. The van der Waals surface area contributed by atoms with Crippen LogP contribution in [0.1, 0.15) is 30.4 Å². The van der Waals surface area contributed by atoms with E-state index in [1.807, 2.05) is 0 Å². The van der Waals surface area contributed by atoms with Crippen LogP contribution >= 0.6 is 0 Å². The summed E-state index contributed by atoms with van der Waals surface area (Å²) < 4.78 is 44.4. The molecule has 0 aromatic heterocycles. The van der Waals surface area contributed by atoms with Gasteiger partial charge in [0.1, 0.15) is 0 Å². The first-order valence-corrected chi connectivity index (χ1v) is 6.98. The number of esters is 1. The number of carbonyl (C=O) groups excluding carboxylic acids is 1. The Bertz CT molecular complexity index is 502. The van der Waals surface area contributed by atoms with E-state index < -0.39 is 29.5 Å². The molecule has 0 unspecified atom stereocenters. The van der Waals surface area contributed by atoms with Crippen molar-refractivity contribution in [3.8, 4) is 0 Å². The predicted molar refractivity (Wildman–Crippen MR) is 71.8 cm³/mol. The minimum Gasteiger partial charge on any atom is -0.466 e. The summed E-state index contributed by atoms with van der Waals surface area (Å²) in [6.45, 7) is 2.85. The highest BCUT2D eigenvalue weighted by Crippen LogP contribution is 2.40. The van der Waals surface area contributed by atoms with Gasteiger partial charge in [-0.25, -0.2) is 0 Å². The Morgan fingerprint density at radius 1 is 1.38 bits per heavy atom. The van der Waals surface area contributed by atoms with Crippen LogP contribution in [0.4, 0.5) is 13.2 Å². The zero-order chi connectivity index (χ0) is 15.5. The first-order chi connectivity index (χ1) is 9.95. The molecule has 0 aliphatic carbocycles. The third kappa shape index (κ3) is 3.56. The first-order valence-electron chi connectivity index (χ1n) is 6.98. The molecular weight excluding hydrogens is 283 g/mol. The largest absolute Gasteiger partial charge is 0.466 e. The molecule has 1 saturated heterocycles. The zero-order valence-electron chi connectivity index (χ0n) is 11.7. The lowest BCUT2D eigenvalue weighted by Crippen LogP contribution is -2.41. The maximum atomic E-state index is 13.1. The Morgan fingerprint density at radius 3 is 2.76 bits per heavy atom. The zero-order valence-corrected chi connectivity index (χ0v) is 11.7. The van der Waals surface area contributed by atoms with Crippen LogP contribution in [-0.4, -0.2) is 25.7 Å². The van der Waals surface area contributed by atoms with Crippen LogP contribution in [0.15, 0.2) is 24.3 Å². The van der Waals surface area contributed by atoms with Crippen molar-refractivity contribution in [2.24, 2.45) is 5.92 Å². The molecule has 116 valence electrons. The van der Waals surface area contributed by atoms with Gasteiger partial charge >= 0.3 is 12.1 Å². The molecule has 0 radical (unpaired) electrons. The number of halogens is 3. The van der Waals surface area contributed by atoms with Crippen molar-refractivity contribution in [2.45, 2.75) is 25.4 Å². The molecule has 0 spiro atoms. The molecule has 1 aromatic carbocycles. The van der Waals surface area contributed by atoms with Crippen LogP contribution in [0.3, 0.4) is 0 Å². The molecule has 0 saturated carbocycles. The highest BCUT2D eigenvalue weighted by molar-refractivity contribution is 5.74. The quantitative estimate of drug-likeness (QED) is 0.872.